The normalized spacial score (nSPS) is 17.6. The van der Waals surface area contributed by atoms with E-state index in [4.69, 9.17) is 14.7 Å². The number of likely N-dealkylation sites (N-methyl/N-ethyl adjacent to an activating group) is 1. The number of imide groups is 1. The Labute approximate surface area is 366 Å². The number of fused-ring (bicyclic) bond motifs is 2. The first-order chi connectivity index (χ1) is 30.7. The molecule has 0 radical (unpaired) electrons. The van der Waals surface area contributed by atoms with Crippen LogP contribution < -0.4 is 26.4 Å². The van der Waals surface area contributed by atoms with Gasteiger partial charge in [-0.3, -0.25) is 34.3 Å². The van der Waals surface area contributed by atoms with Crippen LogP contribution in [0.2, 0.25) is 0 Å². The van der Waals surface area contributed by atoms with Crippen molar-refractivity contribution < 1.29 is 24.2 Å². The molecule has 8 rings (SSSR count). The molecule has 3 aliphatic rings. The van der Waals surface area contributed by atoms with E-state index in [-0.39, 0.29) is 23.9 Å². The monoisotopic (exact) mass is 859 g/mol. The number of hydrogen-bond acceptors (Lipinski definition) is 14. The summed E-state index contributed by atoms with van der Waals surface area (Å²) in [5.74, 6) is 0.264. The fourth-order valence-electron chi connectivity index (χ4n) is 8.34. The van der Waals surface area contributed by atoms with Gasteiger partial charge in [-0.1, -0.05) is 38.1 Å². The number of allylic oxidation sites excluding steroid dienone is 1. The Morgan fingerprint density at radius 2 is 1.78 bits per heavy atom. The van der Waals surface area contributed by atoms with Gasteiger partial charge in [0.15, 0.2) is 11.5 Å². The summed E-state index contributed by atoms with van der Waals surface area (Å²) in [6.07, 6.45) is 5.49. The zero-order valence-electron chi connectivity index (χ0n) is 36.3. The van der Waals surface area contributed by atoms with Crippen molar-refractivity contribution in [1.82, 2.24) is 39.4 Å². The first kappa shape index (κ1) is 44.8. The van der Waals surface area contributed by atoms with Crippen molar-refractivity contribution in [3.63, 3.8) is 0 Å². The number of anilines is 4. The second-order valence-corrected chi connectivity index (χ2v) is 15.6. The third-order valence-electron chi connectivity index (χ3n) is 11.7. The Balaban J connectivity index is 0.00000293. The molecule has 2 fully saturated rings. The van der Waals surface area contributed by atoms with Gasteiger partial charge in [0.05, 0.1) is 37.6 Å². The summed E-state index contributed by atoms with van der Waals surface area (Å²) in [5.41, 5.74) is 5.88. The number of carbonyl (C=O) groups is 3. The van der Waals surface area contributed by atoms with Crippen LogP contribution >= 0.6 is 0 Å². The average molecular weight is 860 g/mol. The molecule has 17 nitrogen and oxygen atoms in total. The molecule has 2 saturated heterocycles. The molecular weight excluding hydrogens is 803 g/mol. The third-order valence-corrected chi connectivity index (χ3v) is 11.7. The Hall–Kier alpha value is -6.27. The molecule has 0 bridgehead atoms. The van der Waals surface area contributed by atoms with Gasteiger partial charge < -0.3 is 25.4 Å². The summed E-state index contributed by atoms with van der Waals surface area (Å²) in [6, 6.07) is 17.0. The zero-order chi connectivity index (χ0) is 44.5. The van der Waals surface area contributed by atoms with E-state index in [1.54, 1.807) is 16.8 Å². The molecule has 5 aromatic rings. The van der Waals surface area contributed by atoms with Crippen LogP contribution in [0, 0.1) is 0 Å². The number of benzene rings is 2. The Morgan fingerprint density at radius 3 is 2.52 bits per heavy atom. The summed E-state index contributed by atoms with van der Waals surface area (Å²) in [7, 11) is 1.83. The number of pyridine rings is 1. The number of aromatic nitrogens is 5. The highest BCUT2D eigenvalue weighted by Gasteiger charge is 2.31. The lowest BCUT2D eigenvalue weighted by Crippen LogP contribution is -2.51. The summed E-state index contributed by atoms with van der Waals surface area (Å²) >= 11 is 0. The highest BCUT2D eigenvalue weighted by molar-refractivity contribution is 6.00. The third kappa shape index (κ3) is 10.2. The molecule has 63 heavy (non-hydrogen) atoms. The lowest BCUT2D eigenvalue weighted by Gasteiger charge is -2.36. The molecule has 332 valence electrons. The minimum atomic E-state index is -0.636. The lowest BCUT2D eigenvalue weighted by atomic mass is 10.0. The number of aryl methyl sites for hydroxylation is 1. The predicted molar refractivity (Wildman–Crippen MR) is 243 cm³/mol. The average Bonchev–Trinajstić information content (AvgIpc) is 3.80. The van der Waals surface area contributed by atoms with E-state index in [0.29, 0.717) is 79.6 Å². The minimum absolute atomic E-state index is 0.250. The number of rotatable bonds is 17. The maximum absolute atomic E-state index is 13.4. The number of nitrogens with zero attached hydrogens (tertiary/aromatic N) is 8. The molecule has 2 amide bonds. The van der Waals surface area contributed by atoms with Gasteiger partial charge in [0.2, 0.25) is 17.8 Å². The molecule has 0 saturated carbocycles. The smallest absolute Gasteiger partial charge is 0.278 e. The molecular formula is C46H57N11O6. The van der Waals surface area contributed by atoms with Crippen LogP contribution in [0.4, 0.5) is 23.0 Å². The fourth-order valence-corrected chi connectivity index (χ4v) is 8.34. The van der Waals surface area contributed by atoms with E-state index in [2.05, 4.69) is 49.4 Å². The molecule has 5 heterocycles. The van der Waals surface area contributed by atoms with Crippen molar-refractivity contribution >= 4 is 52.1 Å². The Morgan fingerprint density at radius 1 is 0.984 bits per heavy atom. The van der Waals surface area contributed by atoms with Gasteiger partial charge >= 0.3 is 0 Å². The van der Waals surface area contributed by atoms with Gasteiger partial charge in [-0.2, -0.15) is 4.98 Å². The van der Waals surface area contributed by atoms with Crippen LogP contribution in [0.15, 0.2) is 78.2 Å². The van der Waals surface area contributed by atoms with Crippen LogP contribution in [0.1, 0.15) is 66.4 Å². The number of aldehydes is 1. The van der Waals surface area contributed by atoms with Gasteiger partial charge in [0, 0.05) is 81.1 Å². The van der Waals surface area contributed by atoms with Crippen LogP contribution in [0.5, 0.6) is 0 Å². The number of piperidine rings is 1. The van der Waals surface area contributed by atoms with E-state index in [1.165, 1.54) is 10.9 Å². The number of nitrogens with one attached hydrogen (secondary N) is 3. The van der Waals surface area contributed by atoms with Crippen molar-refractivity contribution in [3.8, 4) is 5.82 Å². The van der Waals surface area contributed by atoms with Crippen molar-refractivity contribution in [1.29, 1.82) is 0 Å². The van der Waals surface area contributed by atoms with Gasteiger partial charge in [-0.15, -0.1) is 6.58 Å². The summed E-state index contributed by atoms with van der Waals surface area (Å²) in [6.45, 7) is 14.5. The highest BCUT2D eigenvalue weighted by atomic mass is 16.5. The molecule has 2 aromatic carbocycles. The first-order valence-electron chi connectivity index (χ1n) is 21.8. The van der Waals surface area contributed by atoms with Crippen LogP contribution in [-0.2, 0) is 33.8 Å². The second kappa shape index (κ2) is 20.7. The van der Waals surface area contributed by atoms with Gasteiger partial charge in [-0.05, 0) is 73.8 Å². The predicted octanol–water partition coefficient (Wildman–Crippen LogP) is 4.21. The largest absolute Gasteiger partial charge is 0.387 e. The molecule has 4 N–H and O–H groups in total. The van der Waals surface area contributed by atoms with E-state index >= 15 is 0 Å². The molecule has 1 aliphatic carbocycles. The van der Waals surface area contributed by atoms with Crippen LogP contribution in [0.3, 0.4) is 0 Å². The number of aliphatic hydroxyl groups excluding tert-OH is 1. The Bertz CT molecular complexity index is 2480. The summed E-state index contributed by atoms with van der Waals surface area (Å²) in [4.78, 5) is 69.9. The number of aliphatic hydroxyl groups is 1. The maximum atomic E-state index is 13.4. The number of ether oxygens (including phenoxy) is 1. The van der Waals surface area contributed by atoms with Crippen molar-refractivity contribution in [2.45, 2.75) is 64.8 Å². The first-order valence-corrected chi connectivity index (χ1v) is 21.8. The van der Waals surface area contributed by atoms with Gasteiger partial charge in [0.1, 0.15) is 11.7 Å². The molecule has 2 unspecified atom stereocenters. The maximum Gasteiger partial charge on any atom is 0.278 e. The standard InChI is InChI=1S/C44H51N11O6.C2H6/c1-3-18-54-43(60)33-26-46-44(50-41(33)55(54)38-15-8-29-7-14-37(57)40(29)48-38)47-31-9-11-32(12-10-31)53-21-19-52(20-22-53)23-25-61-24-17-45-35-6-4-5-30(28-56)34(35)27-51(2)36-13-16-39(58)49-42(36)59;1-2/h3-6,8-12,15,26,28,36-37,45,57H,1,7,13-14,16-25,27H2,2H3,(H,46,47,50)(H,49,58,59);1-2H3. The molecule has 0 spiro atoms. The summed E-state index contributed by atoms with van der Waals surface area (Å²) < 4.78 is 9.18. The zero-order valence-corrected chi connectivity index (χ0v) is 36.3. The second-order valence-electron chi connectivity index (χ2n) is 15.6. The molecule has 3 aromatic heterocycles. The molecule has 17 heteroatoms. The number of amides is 2. The van der Waals surface area contributed by atoms with E-state index < -0.39 is 12.1 Å². The quantitative estimate of drug-likeness (QED) is 0.0450. The van der Waals surface area contributed by atoms with E-state index in [1.807, 2.05) is 62.2 Å². The lowest BCUT2D eigenvalue weighted by molar-refractivity contribution is -0.137. The Kier molecular flexibility index (Phi) is 14.7. The van der Waals surface area contributed by atoms with Crippen molar-refractivity contribution in [2.75, 3.05) is 75.1 Å². The summed E-state index contributed by atoms with van der Waals surface area (Å²) in [5, 5.41) is 19.9. The van der Waals surface area contributed by atoms with Gasteiger partial charge in [-0.25, -0.2) is 19.3 Å². The van der Waals surface area contributed by atoms with Crippen LogP contribution in [-0.4, -0.2) is 123 Å². The van der Waals surface area contributed by atoms with Crippen molar-refractivity contribution in [2.24, 2.45) is 0 Å². The van der Waals surface area contributed by atoms with Gasteiger partial charge in [0.25, 0.3) is 5.56 Å². The number of carbonyl (C=O) groups excluding carboxylic acids is 3. The highest BCUT2D eigenvalue weighted by Crippen LogP contribution is 2.31. The topological polar surface area (TPSA) is 192 Å². The van der Waals surface area contributed by atoms with Crippen molar-refractivity contribution in [3.05, 3.63) is 106 Å². The molecule has 2 aliphatic heterocycles. The number of piperazine rings is 1. The SMILES string of the molecule is C=CCn1c(=O)c2cnc(Nc3ccc(N4CCN(CCOCCNc5cccc(C=O)c5CN(C)C5CCC(=O)NC5=O)CC4)cc3)nc2n1-c1ccc2c(n1)C(O)CC2.CC. The number of hydrogen-bond donors (Lipinski definition) is 4. The van der Waals surface area contributed by atoms with Crippen LogP contribution in [0.25, 0.3) is 16.9 Å². The van der Waals surface area contributed by atoms with E-state index in [0.717, 1.165) is 73.6 Å². The van der Waals surface area contributed by atoms with E-state index in [9.17, 15) is 24.3 Å². The minimum Gasteiger partial charge on any atom is -0.387 e. The molecule has 2 atom stereocenters. The fraction of sp³-hybridized carbons (Fsp3) is 0.413.